The zero-order valence-corrected chi connectivity index (χ0v) is 18.6. The van der Waals surface area contributed by atoms with E-state index >= 15 is 0 Å². The molecule has 4 heterocycles. The van der Waals surface area contributed by atoms with Crippen LogP contribution in [0.4, 0.5) is 0 Å². The smallest absolute Gasteiger partial charge is 0.255 e. The number of pyridine rings is 2. The molecular formula is C25H23N5O4. The monoisotopic (exact) mass is 457 g/mol. The first-order chi connectivity index (χ1) is 16.7. The van der Waals surface area contributed by atoms with E-state index in [4.69, 9.17) is 14.2 Å². The number of morpholine rings is 1. The van der Waals surface area contributed by atoms with Crippen LogP contribution in [0.2, 0.25) is 0 Å². The number of amides is 1. The van der Waals surface area contributed by atoms with Crippen LogP contribution in [0, 0.1) is 0 Å². The number of ether oxygens (including phenoxy) is 3. The van der Waals surface area contributed by atoms with E-state index in [1.807, 2.05) is 42.5 Å². The number of rotatable bonds is 6. The molecule has 1 aliphatic rings. The summed E-state index contributed by atoms with van der Waals surface area (Å²) in [5, 5.41) is 4.16. The molecule has 172 valence electrons. The van der Waals surface area contributed by atoms with Crippen LogP contribution in [0.1, 0.15) is 22.2 Å². The average Bonchev–Trinajstić information content (AvgIpc) is 3.44. The predicted octanol–water partition coefficient (Wildman–Crippen LogP) is 3.68. The molecule has 9 nitrogen and oxygen atoms in total. The maximum Gasteiger partial charge on any atom is 0.255 e. The Hall–Kier alpha value is -4.24. The Balaban J connectivity index is 1.26. The third-order valence-corrected chi connectivity index (χ3v) is 5.44. The molecule has 5 rings (SSSR count). The summed E-state index contributed by atoms with van der Waals surface area (Å²) in [5.74, 6) is 2.41. The number of methoxy groups -OCH3 is 1. The minimum atomic E-state index is -0.353. The Bertz CT molecular complexity index is 1240. The summed E-state index contributed by atoms with van der Waals surface area (Å²) in [4.78, 5) is 23.8. The van der Waals surface area contributed by atoms with Crippen molar-refractivity contribution in [1.82, 2.24) is 24.6 Å². The van der Waals surface area contributed by atoms with Crippen molar-refractivity contribution in [3.8, 4) is 23.2 Å². The minimum Gasteiger partial charge on any atom is -0.497 e. The molecule has 0 unspecified atom stereocenters. The highest BCUT2D eigenvalue weighted by Gasteiger charge is 2.27. The molecule has 3 aromatic heterocycles. The van der Waals surface area contributed by atoms with Gasteiger partial charge in [-0.2, -0.15) is 5.10 Å². The number of carbonyl (C=O) groups is 1. The molecule has 1 aliphatic heterocycles. The van der Waals surface area contributed by atoms with Gasteiger partial charge in [-0.05, 0) is 48.5 Å². The number of nitrogens with zero attached hydrogens (tertiary/aromatic N) is 5. The lowest BCUT2D eigenvalue weighted by atomic mass is 10.1. The fraction of sp³-hybridized carbons (Fsp3) is 0.200. The van der Waals surface area contributed by atoms with E-state index in [9.17, 15) is 4.79 Å². The number of hydrogen-bond donors (Lipinski definition) is 0. The zero-order valence-electron chi connectivity index (χ0n) is 18.6. The SMILES string of the molecule is COc1ccc(Oc2cccc([C@@H]3CN(C(=O)c4ccc(-n5cccn5)nc4)CCO3)n2)cc1. The molecule has 0 aliphatic carbocycles. The van der Waals surface area contributed by atoms with Crippen molar-refractivity contribution in [2.24, 2.45) is 0 Å². The highest BCUT2D eigenvalue weighted by atomic mass is 16.5. The Morgan fingerprint density at radius 3 is 2.65 bits per heavy atom. The van der Waals surface area contributed by atoms with Gasteiger partial charge in [0, 0.05) is 31.2 Å². The summed E-state index contributed by atoms with van der Waals surface area (Å²) in [5.41, 5.74) is 1.22. The molecule has 1 atom stereocenters. The van der Waals surface area contributed by atoms with Crippen molar-refractivity contribution in [2.45, 2.75) is 6.10 Å². The lowest BCUT2D eigenvalue weighted by Gasteiger charge is -2.32. The van der Waals surface area contributed by atoms with E-state index < -0.39 is 0 Å². The van der Waals surface area contributed by atoms with E-state index in [1.54, 1.807) is 53.5 Å². The number of carbonyl (C=O) groups excluding carboxylic acids is 1. The summed E-state index contributed by atoms with van der Waals surface area (Å²) >= 11 is 0. The van der Waals surface area contributed by atoms with Gasteiger partial charge in [-0.1, -0.05) is 6.07 Å². The van der Waals surface area contributed by atoms with Crippen LogP contribution in [0.25, 0.3) is 5.82 Å². The summed E-state index contributed by atoms with van der Waals surface area (Å²) in [7, 11) is 1.62. The zero-order chi connectivity index (χ0) is 23.3. The van der Waals surface area contributed by atoms with Crippen LogP contribution in [-0.2, 0) is 4.74 Å². The third-order valence-electron chi connectivity index (χ3n) is 5.44. The topological polar surface area (TPSA) is 91.6 Å². The molecular weight excluding hydrogens is 434 g/mol. The lowest BCUT2D eigenvalue weighted by Crippen LogP contribution is -2.42. The molecule has 0 N–H and O–H groups in total. The van der Waals surface area contributed by atoms with Gasteiger partial charge in [0.25, 0.3) is 5.91 Å². The quantitative estimate of drug-likeness (QED) is 0.436. The summed E-state index contributed by atoms with van der Waals surface area (Å²) in [6, 6.07) is 18.2. The molecule has 1 saturated heterocycles. The Morgan fingerprint density at radius 2 is 1.91 bits per heavy atom. The highest BCUT2D eigenvalue weighted by molar-refractivity contribution is 5.94. The second-order valence-corrected chi connectivity index (χ2v) is 7.64. The molecule has 1 aromatic carbocycles. The van der Waals surface area contributed by atoms with Gasteiger partial charge in [0.15, 0.2) is 5.82 Å². The van der Waals surface area contributed by atoms with Gasteiger partial charge in [0.05, 0.1) is 31.5 Å². The number of benzene rings is 1. The van der Waals surface area contributed by atoms with Crippen molar-refractivity contribution in [1.29, 1.82) is 0 Å². The Kier molecular flexibility index (Phi) is 6.17. The van der Waals surface area contributed by atoms with Crippen molar-refractivity contribution in [3.05, 3.63) is 90.5 Å². The molecule has 0 radical (unpaired) electrons. The van der Waals surface area contributed by atoms with Crippen LogP contribution in [0.5, 0.6) is 17.4 Å². The largest absolute Gasteiger partial charge is 0.497 e. The first-order valence-corrected chi connectivity index (χ1v) is 10.9. The van der Waals surface area contributed by atoms with Crippen LogP contribution in [-0.4, -0.2) is 57.4 Å². The van der Waals surface area contributed by atoms with Crippen molar-refractivity contribution in [2.75, 3.05) is 26.8 Å². The van der Waals surface area contributed by atoms with Crippen LogP contribution >= 0.6 is 0 Å². The molecule has 9 heteroatoms. The van der Waals surface area contributed by atoms with E-state index in [1.165, 1.54) is 0 Å². The van der Waals surface area contributed by atoms with Gasteiger partial charge in [-0.25, -0.2) is 14.6 Å². The molecule has 0 saturated carbocycles. The van der Waals surface area contributed by atoms with Crippen LogP contribution < -0.4 is 9.47 Å². The highest BCUT2D eigenvalue weighted by Crippen LogP contribution is 2.26. The van der Waals surface area contributed by atoms with Gasteiger partial charge in [-0.15, -0.1) is 0 Å². The third kappa shape index (κ3) is 4.74. The van der Waals surface area contributed by atoms with E-state index in [-0.39, 0.29) is 12.0 Å². The molecule has 0 bridgehead atoms. The molecule has 0 spiro atoms. The standard InChI is InChI=1S/C25H23N5O4/c1-32-19-7-9-20(10-8-19)34-24-5-2-4-21(28-24)22-17-29(14-15-33-22)25(31)18-6-11-23(26-16-18)30-13-3-12-27-30/h2-13,16,22H,14-15,17H2,1H3/t22-/m0/s1. The van der Waals surface area contributed by atoms with Crippen molar-refractivity contribution < 1.29 is 19.0 Å². The fourth-order valence-corrected chi connectivity index (χ4v) is 3.68. The van der Waals surface area contributed by atoms with E-state index in [0.29, 0.717) is 48.4 Å². The first kappa shape index (κ1) is 21.6. The Morgan fingerprint density at radius 1 is 1.06 bits per heavy atom. The van der Waals surface area contributed by atoms with Gasteiger partial charge >= 0.3 is 0 Å². The van der Waals surface area contributed by atoms with E-state index in [2.05, 4.69) is 15.1 Å². The second kappa shape index (κ2) is 9.72. The van der Waals surface area contributed by atoms with Gasteiger partial charge in [0.2, 0.25) is 5.88 Å². The fourth-order valence-electron chi connectivity index (χ4n) is 3.68. The van der Waals surface area contributed by atoms with Crippen molar-refractivity contribution in [3.63, 3.8) is 0 Å². The summed E-state index contributed by atoms with van der Waals surface area (Å²) in [6.45, 7) is 1.30. The Labute approximate surface area is 196 Å². The molecule has 4 aromatic rings. The van der Waals surface area contributed by atoms with Gasteiger partial charge < -0.3 is 19.1 Å². The normalized spacial score (nSPS) is 15.7. The maximum atomic E-state index is 13.1. The lowest BCUT2D eigenvalue weighted by molar-refractivity contribution is -0.0248. The molecule has 1 fully saturated rings. The van der Waals surface area contributed by atoms with Gasteiger partial charge in [0.1, 0.15) is 17.6 Å². The summed E-state index contributed by atoms with van der Waals surface area (Å²) < 4.78 is 18.6. The number of hydrogen-bond acceptors (Lipinski definition) is 7. The first-order valence-electron chi connectivity index (χ1n) is 10.9. The second-order valence-electron chi connectivity index (χ2n) is 7.64. The average molecular weight is 457 g/mol. The molecule has 34 heavy (non-hydrogen) atoms. The van der Waals surface area contributed by atoms with E-state index in [0.717, 1.165) is 5.75 Å². The summed E-state index contributed by atoms with van der Waals surface area (Å²) in [6.07, 6.45) is 4.70. The number of aromatic nitrogens is 4. The van der Waals surface area contributed by atoms with Gasteiger partial charge in [-0.3, -0.25) is 4.79 Å². The predicted molar refractivity (Wildman–Crippen MR) is 123 cm³/mol. The maximum absolute atomic E-state index is 13.1. The van der Waals surface area contributed by atoms with Crippen molar-refractivity contribution >= 4 is 5.91 Å². The van der Waals surface area contributed by atoms with Crippen LogP contribution in [0.3, 0.4) is 0 Å². The van der Waals surface area contributed by atoms with Crippen LogP contribution in [0.15, 0.2) is 79.3 Å². The minimum absolute atomic E-state index is 0.0987. The molecule has 1 amide bonds.